The molecule has 2 aliphatic heterocycles. The molecule has 4 heterocycles. The number of pyridine rings is 2. The SMILES string of the molecule is CC[C@@]1(O)C(=O)OCc2c1cc1n(c2=O)Cc2c-1nc1ccc(F)c3c1c2CCC3N.Cl. The third-order valence-electron chi connectivity index (χ3n) is 7.03. The molecule has 0 radical (unpaired) electrons. The highest BCUT2D eigenvalue weighted by Gasteiger charge is 2.45. The van der Waals surface area contributed by atoms with Crippen LogP contribution in [0.2, 0.25) is 0 Å². The van der Waals surface area contributed by atoms with E-state index in [1.165, 1.54) is 6.07 Å². The van der Waals surface area contributed by atoms with Crippen molar-refractivity contribution in [2.45, 2.75) is 51.0 Å². The van der Waals surface area contributed by atoms with Gasteiger partial charge in [-0.25, -0.2) is 14.2 Å². The molecule has 1 unspecified atom stereocenters. The second kappa shape index (κ2) is 6.84. The van der Waals surface area contributed by atoms with Crippen molar-refractivity contribution in [3.05, 3.63) is 62.2 Å². The van der Waals surface area contributed by atoms with Gasteiger partial charge in [-0.1, -0.05) is 6.92 Å². The minimum Gasteiger partial charge on any atom is -0.458 e. The van der Waals surface area contributed by atoms with E-state index >= 15 is 0 Å². The Balaban J connectivity index is 0.00000216. The van der Waals surface area contributed by atoms with Crippen molar-refractivity contribution in [1.82, 2.24) is 9.55 Å². The van der Waals surface area contributed by atoms with E-state index in [0.29, 0.717) is 41.9 Å². The van der Waals surface area contributed by atoms with Crippen LogP contribution in [0.25, 0.3) is 22.3 Å². The number of esters is 1. The van der Waals surface area contributed by atoms with E-state index in [-0.39, 0.29) is 47.9 Å². The fourth-order valence-electron chi connectivity index (χ4n) is 5.35. The molecule has 9 heteroatoms. The van der Waals surface area contributed by atoms with Crippen LogP contribution in [0.15, 0.2) is 23.0 Å². The average molecular weight is 458 g/mol. The number of nitrogens with two attached hydrogens (primary N) is 1. The number of cyclic esters (lactones) is 1. The molecule has 166 valence electrons. The third kappa shape index (κ3) is 2.45. The third-order valence-corrected chi connectivity index (χ3v) is 7.03. The topological polar surface area (TPSA) is 107 Å². The number of ether oxygens (including phenoxy) is 1. The van der Waals surface area contributed by atoms with E-state index in [1.54, 1.807) is 23.6 Å². The van der Waals surface area contributed by atoms with Gasteiger partial charge < -0.3 is 20.1 Å². The Bertz CT molecular complexity index is 1400. The number of carbonyl (C=O) groups is 1. The summed E-state index contributed by atoms with van der Waals surface area (Å²) in [4.78, 5) is 30.4. The second-order valence-corrected chi connectivity index (χ2v) is 8.52. The summed E-state index contributed by atoms with van der Waals surface area (Å²) in [7, 11) is 0. The monoisotopic (exact) mass is 457 g/mol. The zero-order valence-electron chi connectivity index (χ0n) is 17.3. The van der Waals surface area contributed by atoms with E-state index < -0.39 is 17.6 Å². The standard InChI is InChI=1S/C23H20FN3O4.ClH/c1-2-23(30)13-7-17-20-11(8-27(17)21(28)12(13)9-31-22(23)29)10-3-5-15(25)19-14(24)4-6-16(26-20)18(10)19;/h4,6-7,15,30H,2-3,5,8-9,25H2,1H3;1H/t15?,23-;/m0./s1. The molecular formula is C23H21ClFN3O4. The number of fused-ring (bicyclic) bond motifs is 5. The Kier molecular flexibility index (Phi) is 4.50. The molecule has 0 bridgehead atoms. The van der Waals surface area contributed by atoms with Crippen molar-refractivity contribution in [3.63, 3.8) is 0 Å². The van der Waals surface area contributed by atoms with Crippen molar-refractivity contribution >= 4 is 29.3 Å². The Hall–Kier alpha value is -2.81. The van der Waals surface area contributed by atoms with Gasteiger partial charge in [-0.15, -0.1) is 12.4 Å². The fourth-order valence-corrected chi connectivity index (χ4v) is 5.35. The predicted octanol–water partition coefficient (Wildman–Crippen LogP) is 2.59. The average Bonchev–Trinajstić information content (AvgIpc) is 3.13. The van der Waals surface area contributed by atoms with Gasteiger partial charge in [0.25, 0.3) is 5.56 Å². The first-order valence-corrected chi connectivity index (χ1v) is 10.4. The molecule has 32 heavy (non-hydrogen) atoms. The van der Waals surface area contributed by atoms with Gasteiger partial charge in [0.1, 0.15) is 12.4 Å². The molecule has 0 fully saturated rings. The maximum absolute atomic E-state index is 14.6. The van der Waals surface area contributed by atoms with Gasteiger partial charge in [0.05, 0.1) is 29.0 Å². The van der Waals surface area contributed by atoms with Crippen LogP contribution in [-0.2, 0) is 34.7 Å². The number of aromatic nitrogens is 2. The largest absolute Gasteiger partial charge is 0.458 e. The van der Waals surface area contributed by atoms with Crippen LogP contribution >= 0.6 is 12.4 Å². The molecule has 0 amide bonds. The van der Waals surface area contributed by atoms with Crippen LogP contribution in [-0.4, -0.2) is 20.6 Å². The lowest BCUT2D eigenvalue weighted by Gasteiger charge is -2.31. The minimum absolute atomic E-state index is 0. The van der Waals surface area contributed by atoms with Gasteiger partial charge in [-0.05, 0) is 43.0 Å². The summed E-state index contributed by atoms with van der Waals surface area (Å²) in [6.07, 6.45) is 1.37. The smallest absolute Gasteiger partial charge is 0.343 e. The number of rotatable bonds is 1. The normalized spacial score (nSPS) is 22.6. The number of aryl methyl sites for hydroxylation is 1. The molecule has 3 aliphatic rings. The first kappa shape index (κ1) is 21.1. The van der Waals surface area contributed by atoms with Crippen molar-refractivity contribution < 1.29 is 19.0 Å². The molecule has 7 nitrogen and oxygen atoms in total. The van der Waals surface area contributed by atoms with Crippen LogP contribution in [0.3, 0.4) is 0 Å². The van der Waals surface area contributed by atoms with Crippen molar-refractivity contribution in [2.24, 2.45) is 5.73 Å². The molecule has 0 saturated carbocycles. The van der Waals surface area contributed by atoms with Crippen LogP contribution in [0.4, 0.5) is 4.39 Å². The Morgan fingerprint density at radius 2 is 2.09 bits per heavy atom. The number of benzene rings is 1. The number of nitrogens with zero attached hydrogens (tertiary/aromatic N) is 2. The Morgan fingerprint density at radius 1 is 1.31 bits per heavy atom. The number of hydrogen-bond donors (Lipinski definition) is 2. The molecule has 6 rings (SSSR count). The van der Waals surface area contributed by atoms with Crippen LogP contribution in [0.5, 0.6) is 0 Å². The second-order valence-electron chi connectivity index (χ2n) is 8.52. The highest BCUT2D eigenvalue weighted by Crippen LogP contribution is 2.44. The molecule has 0 saturated heterocycles. The van der Waals surface area contributed by atoms with E-state index in [9.17, 15) is 19.1 Å². The van der Waals surface area contributed by atoms with Crippen LogP contribution in [0.1, 0.15) is 53.6 Å². The lowest BCUT2D eigenvalue weighted by molar-refractivity contribution is -0.172. The maximum Gasteiger partial charge on any atom is 0.343 e. The Labute approximate surface area is 188 Å². The first-order chi connectivity index (χ1) is 14.8. The van der Waals surface area contributed by atoms with Gasteiger partial charge in [-0.2, -0.15) is 0 Å². The van der Waals surface area contributed by atoms with Crippen LogP contribution < -0.4 is 11.3 Å². The maximum atomic E-state index is 14.6. The van der Waals surface area contributed by atoms with Gasteiger partial charge in [0, 0.05) is 28.1 Å². The van der Waals surface area contributed by atoms with E-state index in [2.05, 4.69) is 0 Å². The van der Waals surface area contributed by atoms with Gasteiger partial charge in [0.15, 0.2) is 5.60 Å². The fraction of sp³-hybridized carbons (Fsp3) is 0.348. The summed E-state index contributed by atoms with van der Waals surface area (Å²) in [6, 6.07) is 4.32. The predicted molar refractivity (Wildman–Crippen MR) is 117 cm³/mol. The first-order valence-electron chi connectivity index (χ1n) is 10.4. The van der Waals surface area contributed by atoms with E-state index in [4.69, 9.17) is 15.5 Å². The van der Waals surface area contributed by atoms with Crippen molar-refractivity contribution in [1.29, 1.82) is 0 Å². The Morgan fingerprint density at radius 3 is 2.84 bits per heavy atom. The van der Waals surface area contributed by atoms with Crippen LogP contribution in [0, 0.1) is 5.82 Å². The van der Waals surface area contributed by atoms with E-state index in [1.807, 2.05) is 0 Å². The number of aliphatic hydroxyl groups is 1. The molecule has 2 atom stereocenters. The van der Waals surface area contributed by atoms with Gasteiger partial charge in [-0.3, -0.25) is 4.79 Å². The van der Waals surface area contributed by atoms with Gasteiger partial charge >= 0.3 is 5.97 Å². The van der Waals surface area contributed by atoms with Crippen molar-refractivity contribution in [3.8, 4) is 11.4 Å². The molecule has 3 N–H and O–H groups in total. The summed E-state index contributed by atoms with van der Waals surface area (Å²) < 4.78 is 21.3. The lowest BCUT2D eigenvalue weighted by atomic mass is 9.84. The summed E-state index contributed by atoms with van der Waals surface area (Å²) in [5.74, 6) is -1.09. The lowest BCUT2D eigenvalue weighted by Crippen LogP contribution is -2.44. The quantitative estimate of drug-likeness (QED) is 0.425. The number of hydrogen-bond acceptors (Lipinski definition) is 6. The summed E-state index contributed by atoms with van der Waals surface area (Å²) in [5.41, 5.74) is 8.75. The summed E-state index contributed by atoms with van der Waals surface area (Å²) in [6.45, 7) is 1.81. The van der Waals surface area contributed by atoms with E-state index in [0.717, 1.165) is 16.5 Å². The number of carbonyl (C=O) groups excluding carboxylic acids is 1. The molecular weight excluding hydrogens is 437 g/mol. The highest BCUT2D eigenvalue weighted by molar-refractivity contribution is 5.92. The highest BCUT2D eigenvalue weighted by atomic mass is 35.5. The molecule has 2 aromatic heterocycles. The summed E-state index contributed by atoms with van der Waals surface area (Å²) in [5, 5.41) is 11.7. The van der Waals surface area contributed by atoms with Crippen molar-refractivity contribution in [2.75, 3.05) is 0 Å². The zero-order valence-corrected chi connectivity index (χ0v) is 18.1. The minimum atomic E-state index is -1.86. The molecule has 1 aromatic carbocycles. The molecule has 3 aromatic rings. The summed E-state index contributed by atoms with van der Waals surface area (Å²) >= 11 is 0. The molecule has 0 spiro atoms. The molecule has 1 aliphatic carbocycles. The number of halogens is 2. The van der Waals surface area contributed by atoms with Gasteiger partial charge in [0.2, 0.25) is 0 Å². The zero-order chi connectivity index (χ0) is 21.7.